The molecule has 1 aliphatic rings. The summed E-state index contributed by atoms with van der Waals surface area (Å²) in [6.45, 7) is 0. The molecule has 5 heteroatoms. The van der Waals surface area contributed by atoms with Crippen molar-refractivity contribution in [3.63, 3.8) is 0 Å². The number of hydrogen-bond acceptors (Lipinski definition) is 4. The van der Waals surface area contributed by atoms with Crippen molar-refractivity contribution in [3.05, 3.63) is 35.9 Å². The van der Waals surface area contributed by atoms with Gasteiger partial charge in [0.05, 0.1) is 11.6 Å². The average Bonchev–Trinajstić information content (AvgIpc) is 2.36. The van der Waals surface area contributed by atoms with E-state index in [9.17, 15) is 15.0 Å². The molecule has 3 rings (SSSR count). The quantitative estimate of drug-likeness (QED) is 0.782. The van der Waals surface area contributed by atoms with Crippen molar-refractivity contribution in [2.75, 3.05) is 5.32 Å². The molecule has 0 atom stereocenters. The number of nitrogens with zero attached hydrogens (tertiary/aromatic N) is 1. The lowest BCUT2D eigenvalue weighted by Gasteiger charge is -2.32. The molecule has 1 heterocycles. The topological polar surface area (TPSA) is 82.5 Å². The summed E-state index contributed by atoms with van der Waals surface area (Å²) in [7, 11) is 0. The van der Waals surface area contributed by atoms with E-state index in [0.717, 1.165) is 10.9 Å². The molecule has 19 heavy (non-hydrogen) atoms. The van der Waals surface area contributed by atoms with Crippen LogP contribution in [-0.4, -0.2) is 33.3 Å². The first-order chi connectivity index (χ1) is 9.13. The zero-order valence-corrected chi connectivity index (χ0v) is 10.2. The molecule has 0 aliphatic heterocycles. The van der Waals surface area contributed by atoms with Gasteiger partial charge in [-0.15, -0.1) is 0 Å². The fourth-order valence-electron chi connectivity index (χ4n) is 2.29. The number of anilines is 1. The second-order valence-corrected chi connectivity index (χ2v) is 4.85. The zero-order chi connectivity index (χ0) is 13.4. The molecule has 1 aliphatic carbocycles. The Labute approximate surface area is 109 Å². The van der Waals surface area contributed by atoms with Crippen LogP contribution in [0.25, 0.3) is 10.9 Å². The van der Waals surface area contributed by atoms with E-state index in [1.165, 1.54) is 0 Å². The number of fused-ring (bicyclic) bond motifs is 1. The summed E-state index contributed by atoms with van der Waals surface area (Å²) in [6.07, 6.45) is 0.979. The highest BCUT2D eigenvalue weighted by Crippen LogP contribution is 2.27. The maximum absolute atomic E-state index is 11.3. The summed E-state index contributed by atoms with van der Waals surface area (Å²) in [6, 6.07) is 9.13. The summed E-state index contributed by atoms with van der Waals surface area (Å²) in [4.78, 5) is 15.7. The van der Waals surface area contributed by atoms with E-state index in [1.54, 1.807) is 6.07 Å². The SMILES string of the molecule is O=C(O)c1cc2ccccc2nc1NC1CC(O)C1. The van der Waals surface area contributed by atoms with E-state index in [4.69, 9.17) is 0 Å². The summed E-state index contributed by atoms with van der Waals surface area (Å²) >= 11 is 0. The standard InChI is InChI=1S/C14H14N2O3/c17-10-6-9(7-10)15-13-11(14(18)19)5-8-3-1-2-4-12(8)16-13/h1-5,9-10,17H,6-7H2,(H,15,16)(H,18,19). The Bertz CT molecular complexity index is 636. The molecule has 0 spiro atoms. The third-order valence-corrected chi connectivity index (χ3v) is 3.41. The number of para-hydroxylation sites is 1. The fourth-order valence-corrected chi connectivity index (χ4v) is 2.29. The van der Waals surface area contributed by atoms with E-state index < -0.39 is 5.97 Å². The molecule has 5 nitrogen and oxygen atoms in total. The number of aromatic nitrogens is 1. The Hall–Kier alpha value is -2.14. The number of aliphatic hydroxyl groups excluding tert-OH is 1. The van der Waals surface area contributed by atoms with Crippen LogP contribution in [0, 0.1) is 0 Å². The van der Waals surface area contributed by atoms with Gasteiger partial charge >= 0.3 is 5.97 Å². The molecule has 0 radical (unpaired) electrons. The first kappa shape index (κ1) is 11.9. The molecule has 1 aromatic heterocycles. The lowest BCUT2D eigenvalue weighted by atomic mass is 9.89. The van der Waals surface area contributed by atoms with E-state index in [0.29, 0.717) is 18.7 Å². The van der Waals surface area contributed by atoms with Crippen molar-refractivity contribution in [2.24, 2.45) is 0 Å². The predicted octanol–water partition coefficient (Wildman–Crippen LogP) is 1.87. The molecule has 1 fully saturated rings. The van der Waals surface area contributed by atoms with Crippen molar-refractivity contribution in [2.45, 2.75) is 25.0 Å². The Balaban J connectivity index is 2.00. The Morgan fingerprint density at radius 1 is 1.32 bits per heavy atom. The number of carbonyl (C=O) groups is 1. The van der Waals surface area contributed by atoms with Crippen molar-refractivity contribution >= 4 is 22.7 Å². The van der Waals surface area contributed by atoms with E-state index in [1.807, 2.05) is 24.3 Å². The van der Waals surface area contributed by atoms with Crippen LogP contribution in [0.1, 0.15) is 23.2 Å². The van der Waals surface area contributed by atoms with Crippen LogP contribution in [0.2, 0.25) is 0 Å². The van der Waals surface area contributed by atoms with Gasteiger partial charge in [-0.1, -0.05) is 18.2 Å². The van der Waals surface area contributed by atoms with E-state index in [2.05, 4.69) is 10.3 Å². The van der Waals surface area contributed by atoms with E-state index >= 15 is 0 Å². The van der Waals surface area contributed by atoms with Crippen LogP contribution >= 0.6 is 0 Å². The third-order valence-electron chi connectivity index (χ3n) is 3.41. The van der Waals surface area contributed by atoms with Crippen molar-refractivity contribution in [3.8, 4) is 0 Å². The van der Waals surface area contributed by atoms with Gasteiger partial charge in [0.15, 0.2) is 0 Å². The third kappa shape index (κ3) is 2.24. The highest BCUT2D eigenvalue weighted by atomic mass is 16.4. The highest BCUT2D eigenvalue weighted by Gasteiger charge is 2.28. The number of hydrogen-bond donors (Lipinski definition) is 3. The molecular weight excluding hydrogens is 244 g/mol. The first-order valence-electron chi connectivity index (χ1n) is 6.21. The molecule has 0 bridgehead atoms. The minimum absolute atomic E-state index is 0.0989. The molecule has 1 aromatic carbocycles. The predicted molar refractivity (Wildman–Crippen MR) is 71.4 cm³/mol. The van der Waals surface area contributed by atoms with Gasteiger partial charge in [-0.3, -0.25) is 0 Å². The van der Waals surface area contributed by atoms with Crippen LogP contribution in [0.15, 0.2) is 30.3 Å². The molecule has 0 amide bonds. The summed E-state index contributed by atoms with van der Waals surface area (Å²) in [5.74, 6) is -0.622. The number of rotatable bonds is 3. The van der Waals surface area contributed by atoms with Crippen molar-refractivity contribution in [1.29, 1.82) is 0 Å². The van der Waals surface area contributed by atoms with Crippen LogP contribution in [0.4, 0.5) is 5.82 Å². The van der Waals surface area contributed by atoms with Crippen molar-refractivity contribution < 1.29 is 15.0 Å². The summed E-state index contributed by atoms with van der Waals surface area (Å²) in [5, 5.41) is 22.4. The van der Waals surface area contributed by atoms with Gasteiger partial charge in [0.25, 0.3) is 0 Å². The number of aromatic carboxylic acids is 1. The lowest BCUT2D eigenvalue weighted by Crippen LogP contribution is -2.39. The molecule has 3 N–H and O–H groups in total. The van der Waals surface area contributed by atoms with Crippen LogP contribution in [0.3, 0.4) is 0 Å². The minimum Gasteiger partial charge on any atom is -0.478 e. The number of nitrogens with one attached hydrogen (secondary N) is 1. The van der Waals surface area contributed by atoms with Gasteiger partial charge < -0.3 is 15.5 Å². The van der Waals surface area contributed by atoms with Gasteiger partial charge in [0.1, 0.15) is 11.4 Å². The molecule has 1 saturated carbocycles. The molecule has 0 unspecified atom stereocenters. The number of benzene rings is 1. The number of carboxylic acids is 1. The Morgan fingerprint density at radius 3 is 2.74 bits per heavy atom. The van der Waals surface area contributed by atoms with Gasteiger partial charge in [0, 0.05) is 11.4 Å². The lowest BCUT2D eigenvalue weighted by molar-refractivity contribution is 0.0697. The highest BCUT2D eigenvalue weighted by molar-refractivity contribution is 5.98. The second kappa shape index (κ2) is 4.51. The normalized spacial score (nSPS) is 21.9. The molecule has 0 saturated heterocycles. The molecular formula is C14H14N2O3. The number of pyridine rings is 1. The van der Waals surface area contributed by atoms with Gasteiger partial charge in [0.2, 0.25) is 0 Å². The van der Waals surface area contributed by atoms with Crippen LogP contribution < -0.4 is 5.32 Å². The van der Waals surface area contributed by atoms with Gasteiger partial charge in [-0.05, 0) is 25.0 Å². The van der Waals surface area contributed by atoms with Crippen molar-refractivity contribution in [1.82, 2.24) is 4.98 Å². The summed E-state index contributed by atoms with van der Waals surface area (Å²) in [5.41, 5.74) is 0.926. The average molecular weight is 258 g/mol. The number of aliphatic hydroxyl groups is 1. The van der Waals surface area contributed by atoms with Crippen LogP contribution in [0.5, 0.6) is 0 Å². The maximum Gasteiger partial charge on any atom is 0.339 e. The fraction of sp³-hybridized carbons (Fsp3) is 0.286. The Kier molecular flexibility index (Phi) is 2.83. The smallest absolute Gasteiger partial charge is 0.339 e. The number of carboxylic acid groups (broad SMARTS) is 1. The van der Waals surface area contributed by atoms with Gasteiger partial charge in [-0.25, -0.2) is 9.78 Å². The molecule has 98 valence electrons. The van der Waals surface area contributed by atoms with E-state index in [-0.39, 0.29) is 17.7 Å². The minimum atomic E-state index is -0.999. The van der Waals surface area contributed by atoms with Gasteiger partial charge in [-0.2, -0.15) is 0 Å². The second-order valence-electron chi connectivity index (χ2n) is 4.85. The van der Waals surface area contributed by atoms with Crippen LogP contribution in [-0.2, 0) is 0 Å². The first-order valence-corrected chi connectivity index (χ1v) is 6.21. The monoisotopic (exact) mass is 258 g/mol. The largest absolute Gasteiger partial charge is 0.478 e. The summed E-state index contributed by atoms with van der Waals surface area (Å²) < 4.78 is 0. The zero-order valence-electron chi connectivity index (χ0n) is 10.2. The maximum atomic E-state index is 11.3. The molecule has 2 aromatic rings. The Morgan fingerprint density at radius 2 is 2.05 bits per heavy atom.